The number of nitrogens with two attached hydrogens (primary N) is 1. The van der Waals surface area contributed by atoms with Crippen LogP contribution in [0, 0.1) is 25.7 Å². The van der Waals surface area contributed by atoms with Crippen molar-refractivity contribution in [2.75, 3.05) is 11.5 Å². The molecular weight excluding hydrogens is 178 g/mol. The van der Waals surface area contributed by atoms with Crippen LogP contribution >= 0.6 is 12.6 Å². The molecule has 1 nitrogen and oxygen atoms in total. The lowest BCUT2D eigenvalue weighted by atomic mass is 10.0. The fourth-order valence-electron chi connectivity index (χ4n) is 1.11. The summed E-state index contributed by atoms with van der Waals surface area (Å²) in [6, 6.07) is 3.97. The van der Waals surface area contributed by atoms with Crippen LogP contribution in [0.5, 0.6) is 0 Å². The van der Waals surface area contributed by atoms with E-state index in [1.807, 2.05) is 26.0 Å². The van der Waals surface area contributed by atoms with E-state index in [4.69, 9.17) is 5.73 Å². The van der Waals surface area contributed by atoms with Gasteiger partial charge in [0.2, 0.25) is 0 Å². The zero-order chi connectivity index (χ0) is 9.84. The highest BCUT2D eigenvalue weighted by molar-refractivity contribution is 7.80. The highest BCUT2D eigenvalue weighted by atomic mass is 32.1. The third-order valence-corrected chi connectivity index (χ3v) is 2.07. The van der Waals surface area contributed by atoms with Gasteiger partial charge in [-0.05, 0) is 37.1 Å². The molecule has 2 N–H and O–H groups in total. The summed E-state index contributed by atoms with van der Waals surface area (Å²) in [5.41, 5.74) is 9.83. The summed E-state index contributed by atoms with van der Waals surface area (Å²) in [7, 11) is 0. The molecule has 0 heterocycles. The Morgan fingerprint density at radius 3 is 2.62 bits per heavy atom. The van der Waals surface area contributed by atoms with Crippen LogP contribution in [-0.4, -0.2) is 5.75 Å². The minimum atomic E-state index is 0.586. The van der Waals surface area contributed by atoms with E-state index < -0.39 is 0 Å². The molecule has 0 unspecified atom stereocenters. The van der Waals surface area contributed by atoms with Gasteiger partial charge in [0, 0.05) is 11.3 Å². The van der Waals surface area contributed by atoms with Gasteiger partial charge in [-0.3, -0.25) is 0 Å². The molecule has 0 atom stereocenters. The van der Waals surface area contributed by atoms with E-state index in [1.165, 1.54) is 0 Å². The number of thiol groups is 1. The van der Waals surface area contributed by atoms with Crippen molar-refractivity contribution in [2.45, 2.75) is 13.8 Å². The monoisotopic (exact) mass is 191 g/mol. The Kier molecular flexibility index (Phi) is 3.27. The van der Waals surface area contributed by atoms with Gasteiger partial charge in [-0.25, -0.2) is 0 Å². The van der Waals surface area contributed by atoms with E-state index in [0.29, 0.717) is 5.75 Å². The van der Waals surface area contributed by atoms with Gasteiger partial charge in [0.1, 0.15) is 0 Å². The van der Waals surface area contributed by atoms with Gasteiger partial charge < -0.3 is 5.73 Å². The summed E-state index contributed by atoms with van der Waals surface area (Å²) in [5, 5.41) is 0. The molecule has 68 valence electrons. The van der Waals surface area contributed by atoms with Crippen LogP contribution in [0.2, 0.25) is 0 Å². The van der Waals surface area contributed by atoms with E-state index in [9.17, 15) is 0 Å². The Morgan fingerprint density at radius 1 is 1.31 bits per heavy atom. The smallest absolute Gasteiger partial charge is 0.0521 e. The number of nitrogen functional groups attached to an aromatic ring is 1. The highest BCUT2D eigenvalue weighted by Crippen LogP contribution is 2.16. The standard InChI is InChI=1S/C11H13NS/c1-8-7-11(12)9(2)6-10(8)4-3-5-13/h6-7,13H,5,12H2,1-2H3. The maximum atomic E-state index is 5.75. The molecule has 0 aliphatic rings. The first-order chi connectivity index (χ1) is 6.15. The predicted molar refractivity (Wildman–Crippen MR) is 61.1 cm³/mol. The van der Waals surface area contributed by atoms with Crippen molar-refractivity contribution < 1.29 is 0 Å². The van der Waals surface area contributed by atoms with Gasteiger partial charge in [-0.2, -0.15) is 12.6 Å². The van der Waals surface area contributed by atoms with Crippen molar-refractivity contribution in [2.24, 2.45) is 0 Å². The minimum Gasteiger partial charge on any atom is -0.399 e. The largest absolute Gasteiger partial charge is 0.399 e. The Hall–Kier alpha value is -1.07. The van der Waals surface area contributed by atoms with E-state index in [-0.39, 0.29) is 0 Å². The van der Waals surface area contributed by atoms with Gasteiger partial charge in [0.15, 0.2) is 0 Å². The highest BCUT2D eigenvalue weighted by Gasteiger charge is 1.98. The SMILES string of the molecule is Cc1cc(C#CCS)c(C)cc1N. The van der Waals surface area contributed by atoms with Crippen molar-refractivity contribution in [3.05, 3.63) is 28.8 Å². The van der Waals surface area contributed by atoms with Gasteiger partial charge in [0.05, 0.1) is 5.75 Å². The number of rotatable bonds is 0. The first kappa shape index (κ1) is 10.0. The molecular formula is C11H13NS. The van der Waals surface area contributed by atoms with Gasteiger partial charge in [0.25, 0.3) is 0 Å². The average molecular weight is 191 g/mol. The van der Waals surface area contributed by atoms with Crippen molar-refractivity contribution >= 4 is 18.3 Å². The van der Waals surface area contributed by atoms with E-state index in [1.54, 1.807) is 0 Å². The number of anilines is 1. The molecule has 2 heteroatoms. The number of hydrogen-bond acceptors (Lipinski definition) is 2. The molecule has 0 saturated carbocycles. The molecule has 0 radical (unpaired) electrons. The third kappa shape index (κ3) is 2.43. The van der Waals surface area contributed by atoms with Crippen LogP contribution in [0.4, 0.5) is 5.69 Å². The van der Waals surface area contributed by atoms with Crippen LogP contribution in [0.3, 0.4) is 0 Å². The fraction of sp³-hybridized carbons (Fsp3) is 0.273. The van der Waals surface area contributed by atoms with Crippen molar-refractivity contribution in [3.8, 4) is 11.8 Å². The summed E-state index contributed by atoms with van der Waals surface area (Å²) >= 11 is 4.03. The molecule has 0 aliphatic carbocycles. The second-order valence-corrected chi connectivity index (χ2v) is 3.30. The Balaban J connectivity index is 3.16. The van der Waals surface area contributed by atoms with Crippen LogP contribution < -0.4 is 5.73 Å². The minimum absolute atomic E-state index is 0.586. The fourth-order valence-corrected chi connectivity index (χ4v) is 1.19. The Bertz CT molecular complexity index is 372. The normalized spacial score (nSPS) is 9.15. The zero-order valence-electron chi connectivity index (χ0n) is 7.89. The molecule has 0 aromatic heterocycles. The molecule has 0 aliphatic heterocycles. The van der Waals surface area contributed by atoms with Gasteiger partial charge in [-0.15, -0.1) is 0 Å². The van der Waals surface area contributed by atoms with Gasteiger partial charge >= 0.3 is 0 Å². The molecule has 0 amide bonds. The maximum Gasteiger partial charge on any atom is 0.0521 e. The molecule has 0 fully saturated rings. The molecule has 1 aromatic carbocycles. The average Bonchev–Trinajstić information content (AvgIpc) is 2.09. The molecule has 1 aromatic rings. The van der Waals surface area contributed by atoms with Crippen molar-refractivity contribution in [1.82, 2.24) is 0 Å². The lowest BCUT2D eigenvalue weighted by Crippen LogP contribution is -1.93. The van der Waals surface area contributed by atoms with Crippen LogP contribution in [0.15, 0.2) is 12.1 Å². The number of hydrogen-bond donors (Lipinski definition) is 2. The van der Waals surface area contributed by atoms with Crippen molar-refractivity contribution in [3.63, 3.8) is 0 Å². The topological polar surface area (TPSA) is 26.0 Å². The second kappa shape index (κ2) is 4.25. The maximum absolute atomic E-state index is 5.75. The number of benzene rings is 1. The summed E-state index contributed by atoms with van der Waals surface area (Å²) < 4.78 is 0. The Labute approximate surface area is 84.8 Å². The first-order valence-corrected chi connectivity index (χ1v) is 4.75. The molecule has 1 rings (SSSR count). The van der Waals surface area contributed by atoms with Crippen LogP contribution in [0.25, 0.3) is 0 Å². The lowest BCUT2D eigenvalue weighted by molar-refractivity contribution is 1.37. The molecule has 0 saturated heterocycles. The van der Waals surface area contributed by atoms with E-state index in [2.05, 4.69) is 24.5 Å². The predicted octanol–water partition coefficient (Wildman–Crippen LogP) is 2.17. The van der Waals surface area contributed by atoms with Crippen molar-refractivity contribution in [1.29, 1.82) is 0 Å². The summed E-state index contributed by atoms with van der Waals surface area (Å²) in [6.45, 7) is 4.00. The van der Waals surface area contributed by atoms with E-state index in [0.717, 1.165) is 22.4 Å². The van der Waals surface area contributed by atoms with Crippen LogP contribution in [0.1, 0.15) is 16.7 Å². The van der Waals surface area contributed by atoms with E-state index >= 15 is 0 Å². The van der Waals surface area contributed by atoms with Gasteiger partial charge in [-0.1, -0.05) is 11.8 Å². The number of aryl methyl sites for hydroxylation is 2. The molecule has 0 bridgehead atoms. The second-order valence-electron chi connectivity index (χ2n) is 2.98. The molecule has 13 heavy (non-hydrogen) atoms. The van der Waals surface area contributed by atoms with Crippen LogP contribution in [-0.2, 0) is 0 Å². The molecule has 0 spiro atoms. The summed E-state index contributed by atoms with van der Waals surface area (Å²) in [4.78, 5) is 0. The quantitative estimate of drug-likeness (QED) is 0.367. The summed E-state index contributed by atoms with van der Waals surface area (Å²) in [5.74, 6) is 6.56. The summed E-state index contributed by atoms with van der Waals surface area (Å²) in [6.07, 6.45) is 0. The third-order valence-electron chi connectivity index (χ3n) is 1.92. The Morgan fingerprint density at radius 2 is 2.00 bits per heavy atom. The zero-order valence-corrected chi connectivity index (χ0v) is 8.78. The lowest BCUT2D eigenvalue weighted by Gasteiger charge is -2.03. The first-order valence-electron chi connectivity index (χ1n) is 4.11.